The van der Waals surface area contributed by atoms with E-state index in [1.165, 1.54) is 6.42 Å². The summed E-state index contributed by atoms with van der Waals surface area (Å²) < 4.78 is 0. The number of anilines is 1. The number of hydrogen-bond acceptors (Lipinski definition) is 3. The average Bonchev–Trinajstić information content (AvgIpc) is 2.48. The first-order valence-electron chi connectivity index (χ1n) is 7.34. The first kappa shape index (κ1) is 15.8. The Morgan fingerprint density at radius 2 is 1.76 bits per heavy atom. The number of benzene rings is 1. The molecule has 5 heteroatoms. The van der Waals surface area contributed by atoms with E-state index < -0.39 is 5.54 Å². The molecular weight excluding hydrogens is 282 g/mol. The maximum Gasteiger partial charge on any atom is 0.252 e. The van der Waals surface area contributed by atoms with Crippen molar-refractivity contribution < 1.29 is 4.79 Å². The topological polar surface area (TPSA) is 58.4 Å². The minimum Gasteiger partial charge on any atom is -0.391 e. The molecule has 1 aliphatic rings. The summed E-state index contributed by atoms with van der Waals surface area (Å²) >= 11 is 5.21. The summed E-state index contributed by atoms with van der Waals surface area (Å²) in [5, 5.41) is 3.08. The van der Waals surface area contributed by atoms with Crippen molar-refractivity contribution in [2.75, 3.05) is 19.0 Å². The highest BCUT2D eigenvalue weighted by atomic mass is 32.1. The standard InChI is InChI=1S/C16H23N3OS/c1-19(2)13-8-6-12(7-9-13)14(20)18-16(15(17)21)10-4-3-5-11-16/h6-9H,3-5,10-11H2,1-2H3,(H2,17,21)(H,18,20). The lowest BCUT2D eigenvalue weighted by Gasteiger charge is -2.37. The third-order valence-electron chi connectivity index (χ3n) is 4.18. The Morgan fingerprint density at radius 1 is 1.19 bits per heavy atom. The first-order valence-corrected chi connectivity index (χ1v) is 7.75. The molecule has 0 spiro atoms. The van der Waals surface area contributed by atoms with E-state index in [9.17, 15) is 4.79 Å². The van der Waals surface area contributed by atoms with Crippen molar-refractivity contribution in [3.8, 4) is 0 Å². The molecule has 0 heterocycles. The van der Waals surface area contributed by atoms with Crippen LogP contribution in [0.2, 0.25) is 0 Å². The van der Waals surface area contributed by atoms with Gasteiger partial charge in [-0.05, 0) is 37.1 Å². The van der Waals surface area contributed by atoms with E-state index in [4.69, 9.17) is 18.0 Å². The zero-order valence-electron chi connectivity index (χ0n) is 12.7. The number of thiocarbonyl (C=S) groups is 1. The molecule has 0 radical (unpaired) electrons. The number of nitrogens with two attached hydrogens (primary N) is 1. The lowest BCUT2D eigenvalue weighted by Crippen LogP contribution is -2.57. The lowest BCUT2D eigenvalue weighted by molar-refractivity contribution is 0.0908. The van der Waals surface area contributed by atoms with Crippen LogP contribution in [0.4, 0.5) is 5.69 Å². The second-order valence-electron chi connectivity index (χ2n) is 5.90. The van der Waals surface area contributed by atoms with Gasteiger partial charge in [0.25, 0.3) is 5.91 Å². The molecule has 1 fully saturated rings. The maximum absolute atomic E-state index is 12.5. The molecule has 21 heavy (non-hydrogen) atoms. The summed E-state index contributed by atoms with van der Waals surface area (Å²) in [6, 6.07) is 7.54. The van der Waals surface area contributed by atoms with E-state index in [-0.39, 0.29) is 5.91 Å². The van der Waals surface area contributed by atoms with E-state index in [1.54, 1.807) is 0 Å². The Labute approximate surface area is 131 Å². The van der Waals surface area contributed by atoms with Crippen molar-refractivity contribution in [1.29, 1.82) is 0 Å². The summed E-state index contributed by atoms with van der Waals surface area (Å²) in [7, 11) is 3.94. The van der Waals surface area contributed by atoms with Crippen molar-refractivity contribution in [1.82, 2.24) is 5.32 Å². The van der Waals surface area contributed by atoms with E-state index >= 15 is 0 Å². The Morgan fingerprint density at radius 3 is 2.24 bits per heavy atom. The number of hydrogen-bond donors (Lipinski definition) is 2. The van der Waals surface area contributed by atoms with Crippen LogP contribution in [0, 0.1) is 0 Å². The molecule has 4 nitrogen and oxygen atoms in total. The van der Waals surface area contributed by atoms with Gasteiger partial charge in [0.15, 0.2) is 0 Å². The van der Waals surface area contributed by atoms with Crippen molar-refractivity contribution >= 4 is 28.8 Å². The van der Waals surface area contributed by atoms with Gasteiger partial charge in [0.05, 0.1) is 10.5 Å². The number of amides is 1. The Bertz CT molecular complexity index is 519. The highest BCUT2D eigenvalue weighted by Gasteiger charge is 2.36. The fraction of sp³-hybridized carbons (Fsp3) is 0.500. The van der Waals surface area contributed by atoms with Gasteiger partial charge in [0, 0.05) is 25.3 Å². The van der Waals surface area contributed by atoms with E-state index in [2.05, 4.69) is 5.32 Å². The lowest BCUT2D eigenvalue weighted by atomic mass is 9.81. The fourth-order valence-electron chi connectivity index (χ4n) is 2.79. The minimum atomic E-state index is -0.509. The van der Waals surface area contributed by atoms with Crippen LogP contribution in [-0.2, 0) is 0 Å². The van der Waals surface area contributed by atoms with Crippen molar-refractivity contribution in [3.63, 3.8) is 0 Å². The quantitative estimate of drug-likeness (QED) is 0.839. The van der Waals surface area contributed by atoms with Crippen LogP contribution in [0.25, 0.3) is 0 Å². The molecule has 0 saturated heterocycles. The molecule has 0 unspecified atom stereocenters. The smallest absolute Gasteiger partial charge is 0.252 e. The maximum atomic E-state index is 12.5. The summed E-state index contributed by atoms with van der Waals surface area (Å²) in [5.41, 5.74) is 7.10. The summed E-state index contributed by atoms with van der Waals surface area (Å²) in [6.07, 6.45) is 4.96. The molecule has 114 valence electrons. The van der Waals surface area contributed by atoms with Gasteiger partial charge in [-0.2, -0.15) is 0 Å². The van der Waals surface area contributed by atoms with Crippen molar-refractivity contribution in [2.24, 2.45) is 5.73 Å². The number of nitrogens with zero attached hydrogens (tertiary/aromatic N) is 1. The zero-order chi connectivity index (χ0) is 15.5. The molecule has 0 atom stereocenters. The van der Waals surface area contributed by atoms with E-state index in [0.29, 0.717) is 10.6 Å². The molecule has 0 aromatic heterocycles. The Hall–Kier alpha value is -1.62. The fourth-order valence-corrected chi connectivity index (χ4v) is 3.04. The van der Waals surface area contributed by atoms with Gasteiger partial charge in [-0.1, -0.05) is 31.5 Å². The highest BCUT2D eigenvalue weighted by molar-refractivity contribution is 7.80. The molecule has 2 rings (SSSR count). The molecule has 1 aromatic rings. The number of rotatable bonds is 4. The number of nitrogens with one attached hydrogen (secondary N) is 1. The number of carbonyl (C=O) groups excluding carboxylic acids is 1. The second kappa shape index (κ2) is 6.43. The molecule has 0 bridgehead atoms. The van der Waals surface area contributed by atoms with Gasteiger partial charge in [0.2, 0.25) is 0 Å². The predicted molar refractivity (Wildman–Crippen MR) is 90.8 cm³/mol. The summed E-state index contributed by atoms with van der Waals surface area (Å²) in [6.45, 7) is 0. The number of carbonyl (C=O) groups is 1. The van der Waals surface area contributed by atoms with E-state index in [1.807, 2.05) is 43.3 Å². The van der Waals surface area contributed by atoms with E-state index in [0.717, 1.165) is 31.4 Å². The third kappa shape index (κ3) is 3.53. The van der Waals surface area contributed by atoms with Gasteiger partial charge in [-0.25, -0.2) is 0 Å². The molecular formula is C16H23N3OS. The van der Waals surface area contributed by atoms with Gasteiger partial charge >= 0.3 is 0 Å². The summed E-state index contributed by atoms with van der Waals surface area (Å²) in [4.78, 5) is 14.9. The van der Waals surface area contributed by atoms with Crippen LogP contribution in [0.1, 0.15) is 42.5 Å². The largest absolute Gasteiger partial charge is 0.391 e. The average molecular weight is 305 g/mol. The van der Waals surface area contributed by atoms with Crippen LogP contribution in [0.15, 0.2) is 24.3 Å². The SMILES string of the molecule is CN(C)c1ccc(C(=O)NC2(C(N)=S)CCCCC2)cc1. The van der Waals surface area contributed by atoms with Crippen molar-refractivity contribution in [3.05, 3.63) is 29.8 Å². The zero-order valence-corrected chi connectivity index (χ0v) is 13.5. The van der Waals surface area contributed by atoms with Crippen LogP contribution >= 0.6 is 12.2 Å². The Balaban J connectivity index is 2.13. The van der Waals surface area contributed by atoms with Crippen LogP contribution in [0.3, 0.4) is 0 Å². The Kier molecular flexibility index (Phi) is 4.83. The van der Waals surface area contributed by atoms with Crippen LogP contribution in [0.5, 0.6) is 0 Å². The molecule has 3 N–H and O–H groups in total. The monoisotopic (exact) mass is 305 g/mol. The van der Waals surface area contributed by atoms with Crippen molar-refractivity contribution in [2.45, 2.75) is 37.6 Å². The molecule has 0 aliphatic heterocycles. The molecule has 1 aliphatic carbocycles. The minimum absolute atomic E-state index is 0.102. The first-order chi connectivity index (χ1) is 9.94. The van der Waals surface area contributed by atoms with Gasteiger partial charge in [-0.15, -0.1) is 0 Å². The van der Waals surface area contributed by atoms with Gasteiger partial charge in [-0.3, -0.25) is 4.79 Å². The van der Waals surface area contributed by atoms with Gasteiger partial charge in [0.1, 0.15) is 0 Å². The van der Waals surface area contributed by atoms with Crippen LogP contribution < -0.4 is 16.0 Å². The van der Waals surface area contributed by atoms with Crippen LogP contribution in [-0.4, -0.2) is 30.5 Å². The second-order valence-corrected chi connectivity index (χ2v) is 6.34. The third-order valence-corrected chi connectivity index (χ3v) is 4.57. The molecule has 1 aromatic carbocycles. The molecule has 1 saturated carbocycles. The summed E-state index contributed by atoms with van der Waals surface area (Å²) in [5.74, 6) is -0.102. The predicted octanol–water partition coefficient (Wildman–Crippen LogP) is 2.47. The molecule has 1 amide bonds. The highest BCUT2D eigenvalue weighted by Crippen LogP contribution is 2.29. The normalized spacial score (nSPS) is 17.0. The van der Waals surface area contributed by atoms with Gasteiger partial charge < -0.3 is 16.0 Å².